The molecule has 0 aliphatic heterocycles. The summed E-state index contributed by atoms with van der Waals surface area (Å²) < 4.78 is 6.64. The highest BCUT2D eigenvalue weighted by atomic mass is 79.9. The Morgan fingerprint density at radius 2 is 2.04 bits per heavy atom. The van der Waals surface area contributed by atoms with E-state index in [1.165, 1.54) is 11.3 Å². The van der Waals surface area contributed by atoms with Crippen molar-refractivity contribution in [2.24, 2.45) is 4.99 Å². The number of benzene rings is 1. The predicted octanol–water partition coefficient (Wildman–Crippen LogP) is 5.54. The van der Waals surface area contributed by atoms with Gasteiger partial charge in [-0.15, -0.1) is 21.5 Å². The number of aliphatic imine (C=N–C) groups is 1. The largest absolute Gasteiger partial charge is 0.494 e. The van der Waals surface area contributed by atoms with Gasteiger partial charge in [0.05, 0.1) is 10.4 Å². The van der Waals surface area contributed by atoms with Gasteiger partial charge in [-0.25, -0.2) is 4.99 Å². The third kappa shape index (κ3) is 5.95. The number of aromatic nitrogens is 2. The minimum Gasteiger partial charge on any atom is -0.494 e. The van der Waals surface area contributed by atoms with E-state index in [1.807, 2.05) is 12.1 Å². The van der Waals surface area contributed by atoms with Gasteiger partial charge in [-0.2, -0.15) is 0 Å². The standard InChI is InChI=1S/C18H17BrN4O2S2/c1-2-3-10-25-13-6-4-12(5-7-13)16(24)21-18-23-22-17(27-18)20-11-14-8-9-15(19)26-14/h4-9,11H,2-3,10H2,1H3,(H,21,23,24)/b20-11+. The fourth-order valence-electron chi connectivity index (χ4n) is 2.04. The van der Waals surface area contributed by atoms with Crippen molar-refractivity contribution in [3.63, 3.8) is 0 Å². The first-order chi connectivity index (χ1) is 13.1. The van der Waals surface area contributed by atoms with Crippen LogP contribution in [0.2, 0.25) is 0 Å². The summed E-state index contributed by atoms with van der Waals surface area (Å²) in [6, 6.07) is 10.9. The van der Waals surface area contributed by atoms with Crippen LogP contribution in [-0.2, 0) is 0 Å². The molecule has 0 spiro atoms. The number of halogens is 1. The zero-order chi connectivity index (χ0) is 19.1. The Labute approximate surface area is 173 Å². The van der Waals surface area contributed by atoms with E-state index in [0.29, 0.717) is 22.4 Å². The lowest BCUT2D eigenvalue weighted by molar-refractivity contribution is 0.102. The van der Waals surface area contributed by atoms with Gasteiger partial charge in [0.15, 0.2) is 0 Å². The Morgan fingerprint density at radius 1 is 1.22 bits per heavy atom. The van der Waals surface area contributed by atoms with Crippen molar-refractivity contribution < 1.29 is 9.53 Å². The molecule has 27 heavy (non-hydrogen) atoms. The lowest BCUT2D eigenvalue weighted by Gasteiger charge is -2.06. The number of unbranched alkanes of at least 4 members (excludes halogenated alkanes) is 1. The first-order valence-corrected chi connectivity index (χ1v) is 10.7. The highest BCUT2D eigenvalue weighted by molar-refractivity contribution is 9.11. The highest BCUT2D eigenvalue weighted by Crippen LogP contribution is 2.25. The van der Waals surface area contributed by atoms with Gasteiger partial charge in [-0.1, -0.05) is 24.7 Å². The molecular weight excluding hydrogens is 448 g/mol. The second-order valence-electron chi connectivity index (χ2n) is 5.47. The second kappa shape index (κ2) is 9.72. The van der Waals surface area contributed by atoms with E-state index in [0.717, 1.165) is 27.3 Å². The van der Waals surface area contributed by atoms with Crippen LogP contribution in [0.4, 0.5) is 10.3 Å². The quantitative estimate of drug-likeness (QED) is 0.350. The van der Waals surface area contributed by atoms with E-state index in [1.54, 1.807) is 41.8 Å². The van der Waals surface area contributed by atoms with E-state index in [2.05, 4.69) is 43.4 Å². The third-order valence-corrected chi connectivity index (χ3v) is 5.72. The van der Waals surface area contributed by atoms with Crippen LogP contribution in [-0.4, -0.2) is 28.9 Å². The highest BCUT2D eigenvalue weighted by Gasteiger charge is 2.10. The van der Waals surface area contributed by atoms with Gasteiger partial charge >= 0.3 is 0 Å². The van der Waals surface area contributed by atoms with Crippen molar-refractivity contribution in [1.29, 1.82) is 0 Å². The number of rotatable bonds is 8. The fraction of sp³-hybridized carbons (Fsp3) is 0.222. The molecule has 9 heteroatoms. The summed E-state index contributed by atoms with van der Waals surface area (Å²) in [4.78, 5) is 17.6. The van der Waals surface area contributed by atoms with Gasteiger partial charge in [0.25, 0.3) is 5.91 Å². The monoisotopic (exact) mass is 464 g/mol. The number of ether oxygens (including phenoxy) is 1. The molecule has 1 amide bonds. The van der Waals surface area contributed by atoms with Crippen LogP contribution in [0.15, 0.2) is 45.2 Å². The molecule has 0 bridgehead atoms. The van der Waals surface area contributed by atoms with Crippen LogP contribution in [0.5, 0.6) is 5.75 Å². The molecule has 2 heterocycles. The number of hydrogen-bond donors (Lipinski definition) is 1. The zero-order valence-corrected chi connectivity index (χ0v) is 17.7. The number of amides is 1. The number of nitrogens with zero attached hydrogens (tertiary/aromatic N) is 3. The van der Waals surface area contributed by atoms with E-state index in [4.69, 9.17) is 4.74 Å². The molecule has 0 saturated heterocycles. The van der Waals surface area contributed by atoms with E-state index in [9.17, 15) is 4.79 Å². The maximum Gasteiger partial charge on any atom is 0.257 e. The van der Waals surface area contributed by atoms with Crippen molar-refractivity contribution in [2.45, 2.75) is 19.8 Å². The van der Waals surface area contributed by atoms with Gasteiger partial charge in [0.2, 0.25) is 10.3 Å². The summed E-state index contributed by atoms with van der Waals surface area (Å²) in [5.74, 6) is 0.511. The Balaban J connectivity index is 1.56. The number of nitrogens with one attached hydrogen (secondary N) is 1. The summed E-state index contributed by atoms with van der Waals surface area (Å²) in [6.07, 6.45) is 3.81. The van der Waals surface area contributed by atoms with Crippen molar-refractivity contribution in [3.05, 3.63) is 50.6 Å². The molecule has 0 saturated carbocycles. The van der Waals surface area contributed by atoms with Gasteiger partial charge in [0, 0.05) is 16.7 Å². The van der Waals surface area contributed by atoms with Crippen molar-refractivity contribution in [2.75, 3.05) is 11.9 Å². The SMILES string of the molecule is CCCCOc1ccc(C(=O)Nc2nnc(/N=C/c3ccc(Br)s3)s2)cc1. The fourth-order valence-corrected chi connectivity index (χ4v) is 3.92. The van der Waals surface area contributed by atoms with Crippen molar-refractivity contribution in [1.82, 2.24) is 10.2 Å². The molecule has 2 aromatic heterocycles. The molecular formula is C18H17BrN4O2S2. The Kier molecular flexibility index (Phi) is 7.08. The summed E-state index contributed by atoms with van der Waals surface area (Å²) in [6.45, 7) is 2.79. The molecule has 0 fully saturated rings. The lowest BCUT2D eigenvalue weighted by Crippen LogP contribution is -2.11. The Morgan fingerprint density at radius 3 is 2.74 bits per heavy atom. The van der Waals surface area contributed by atoms with Gasteiger partial charge in [-0.3, -0.25) is 10.1 Å². The molecule has 140 valence electrons. The summed E-state index contributed by atoms with van der Waals surface area (Å²) >= 11 is 6.20. The smallest absolute Gasteiger partial charge is 0.257 e. The number of carbonyl (C=O) groups excluding carboxylic acids is 1. The summed E-state index contributed by atoms with van der Waals surface area (Å²) in [5.41, 5.74) is 0.529. The predicted molar refractivity (Wildman–Crippen MR) is 114 cm³/mol. The third-order valence-electron chi connectivity index (χ3n) is 3.41. The van der Waals surface area contributed by atoms with E-state index >= 15 is 0 Å². The maximum absolute atomic E-state index is 12.3. The number of anilines is 1. The molecule has 6 nitrogen and oxygen atoms in total. The van der Waals surface area contributed by atoms with Crippen LogP contribution in [0, 0.1) is 0 Å². The van der Waals surface area contributed by atoms with Crippen molar-refractivity contribution >= 4 is 61.0 Å². The molecule has 0 aliphatic rings. The van der Waals surface area contributed by atoms with Crippen molar-refractivity contribution in [3.8, 4) is 5.75 Å². The molecule has 0 radical (unpaired) electrons. The zero-order valence-electron chi connectivity index (χ0n) is 14.5. The summed E-state index contributed by atoms with van der Waals surface area (Å²) in [7, 11) is 0. The number of hydrogen-bond acceptors (Lipinski definition) is 7. The number of carbonyl (C=O) groups is 1. The number of thiophene rings is 1. The van der Waals surface area contributed by atoms with E-state index in [-0.39, 0.29) is 5.91 Å². The van der Waals surface area contributed by atoms with Crippen LogP contribution < -0.4 is 10.1 Å². The molecule has 0 aliphatic carbocycles. The second-order valence-corrected chi connectivity index (χ2v) is 8.92. The van der Waals surface area contributed by atoms with E-state index < -0.39 is 0 Å². The minimum absolute atomic E-state index is 0.246. The molecule has 1 aromatic carbocycles. The molecule has 1 N–H and O–H groups in total. The first-order valence-electron chi connectivity index (χ1n) is 8.31. The van der Waals surface area contributed by atoms with Crippen LogP contribution >= 0.6 is 38.6 Å². The Hall–Kier alpha value is -2.10. The maximum atomic E-state index is 12.3. The Bertz CT molecular complexity index is 922. The average molecular weight is 465 g/mol. The van der Waals surface area contributed by atoms with Gasteiger partial charge < -0.3 is 4.74 Å². The first kappa shape index (κ1) is 19.7. The normalized spacial score (nSPS) is 11.0. The van der Waals surface area contributed by atoms with Crippen LogP contribution in [0.3, 0.4) is 0 Å². The molecule has 3 rings (SSSR count). The van der Waals surface area contributed by atoms with Gasteiger partial charge in [-0.05, 0) is 58.7 Å². The molecule has 0 unspecified atom stereocenters. The average Bonchev–Trinajstić information content (AvgIpc) is 3.29. The topological polar surface area (TPSA) is 76.5 Å². The molecule has 3 aromatic rings. The van der Waals surface area contributed by atoms with Crippen LogP contribution in [0.25, 0.3) is 0 Å². The van der Waals surface area contributed by atoms with Gasteiger partial charge in [0.1, 0.15) is 5.75 Å². The van der Waals surface area contributed by atoms with Crippen LogP contribution in [0.1, 0.15) is 35.0 Å². The summed E-state index contributed by atoms with van der Waals surface area (Å²) in [5, 5.41) is 11.6. The minimum atomic E-state index is -0.246. The lowest BCUT2D eigenvalue weighted by atomic mass is 10.2. The molecule has 0 atom stereocenters.